The molecular formula is C16H18N4O2S3. The first kappa shape index (κ1) is 18.0. The van der Waals surface area contributed by atoms with E-state index in [1.807, 2.05) is 30.3 Å². The molecule has 0 aliphatic heterocycles. The number of thiophene rings is 1. The number of hydrogen-bond donors (Lipinski definition) is 1. The molecule has 0 atom stereocenters. The standard InChI is InChI=1S/C16H18N4O2S3/c1-20(25(21,22)15-8-5-11-23-15)10-9-17-16-18-14(19-24-16)12-13-6-3-2-4-7-13/h2-8,11H,9-10,12H2,1H3,(H,17,18,19). The molecule has 1 aromatic carbocycles. The zero-order valence-electron chi connectivity index (χ0n) is 13.6. The Morgan fingerprint density at radius 2 is 1.96 bits per heavy atom. The van der Waals surface area contributed by atoms with Crippen molar-refractivity contribution in [1.29, 1.82) is 0 Å². The predicted octanol–water partition coefficient (Wildman–Crippen LogP) is 2.92. The van der Waals surface area contributed by atoms with Crippen LogP contribution < -0.4 is 5.32 Å². The molecule has 0 fully saturated rings. The Morgan fingerprint density at radius 1 is 1.16 bits per heavy atom. The molecule has 3 rings (SSSR count). The van der Waals surface area contributed by atoms with Crippen LogP contribution in [0.15, 0.2) is 52.1 Å². The van der Waals surface area contributed by atoms with E-state index in [1.165, 1.54) is 27.2 Å². The molecule has 0 radical (unpaired) electrons. The monoisotopic (exact) mass is 394 g/mol. The third-order valence-electron chi connectivity index (χ3n) is 3.54. The van der Waals surface area contributed by atoms with Gasteiger partial charge in [0.1, 0.15) is 10.0 Å². The Hall–Kier alpha value is -1.81. The second-order valence-electron chi connectivity index (χ2n) is 5.36. The first-order chi connectivity index (χ1) is 12.1. The van der Waals surface area contributed by atoms with E-state index in [0.29, 0.717) is 28.9 Å². The molecule has 3 aromatic rings. The molecule has 0 spiro atoms. The molecule has 132 valence electrons. The number of likely N-dealkylation sites (N-methyl/N-ethyl adjacent to an activating group) is 1. The molecule has 9 heteroatoms. The van der Waals surface area contributed by atoms with Crippen molar-refractivity contribution in [2.24, 2.45) is 0 Å². The van der Waals surface area contributed by atoms with E-state index in [4.69, 9.17) is 0 Å². The minimum Gasteiger partial charge on any atom is -0.359 e. The largest absolute Gasteiger partial charge is 0.359 e. The van der Waals surface area contributed by atoms with Gasteiger partial charge in [0.05, 0.1) is 0 Å². The topological polar surface area (TPSA) is 75.2 Å². The molecule has 2 aromatic heterocycles. The third kappa shape index (κ3) is 4.63. The molecule has 2 heterocycles. The smallest absolute Gasteiger partial charge is 0.252 e. The van der Waals surface area contributed by atoms with Crippen LogP contribution >= 0.6 is 22.9 Å². The molecule has 0 bridgehead atoms. The summed E-state index contributed by atoms with van der Waals surface area (Å²) in [5.41, 5.74) is 1.16. The van der Waals surface area contributed by atoms with Crippen molar-refractivity contribution in [2.75, 3.05) is 25.5 Å². The highest BCUT2D eigenvalue weighted by Crippen LogP contribution is 2.19. The van der Waals surface area contributed by atoms with Gasteiger partial charge in [0, 0.05) is 38.1 Å². The first-order valence-corrected chi connectivity index (χ1v) is 10.8. The van der Waals surface area contributed by atoms with Gasteiger partial charge in [0.2, 0.25) is 5.13 Å². The van der Waals surface area contributed by atoms with Gasteiger partial charge in [-0.3, -0.25) is 0 Å². The Balaban J connectivity index is 1.51. The lowest BCUT2D eigenvalue weighted by atomic mass is 10.1. The summed E-state index contributed by atoms with van der Waals surface area (Å²) in [6.45, 7) is 0.828. The van der Waals surface area contributed by atoms with Gasteiger partial charge in [-0.2, -0.15) is 8.68 Å². The van der Waals surface area contributed by atoms with Gasteiger partial charge < -0.3 is 5.32 Å². The number of anilines is 1. The van der Waals surface area contributed by atoms with E-state index in [9.17, 15) is 8.42 Å². The molecule has 0 unspecified atom stereocenters. The maximum atomic E-state index is 12.3. The van der Waals surface area contributed by atoms with Crippen LogP contribution in [0, 0.1) is 0 Å². The van der Waals surface area contributed by atoms with Crippen molar-refractivity contribution >= 4 is 38.0 Å². The van der Waals surface area contributed by atoms with Crippen LogP contribution in [0.25, 0.3) is 0 Å². The Labute approximate surface area is 155 Å². The van der Waals surface area contributed by atoms with Gasteiger partial charge >= 0.3 is 0 Å². The lowest BCUT2D eigenvalue weighted by molar-refractivity contribution is 0.482. The van der Waals surface area contributed by atoms with E-state index >= 15 is 0 Å². The quantitative estimate of drug-likeness (QED) is 0.636. The van der Waals surface area contributed by atoms with Crippen molar-refractivity contribution in [3.05, 3.63) is 59.2 Å². The third-order valence-corrected chi connectivity index (χ3v) is 7.48. The first-order valence-electron chi connectivity index (χ1n) is 7.66. The maximum Gasteiger partial charge on any atom is 0.252 e. The molecule has 0 amide bonds. The summed E-state index contributed by atoms with van der Waals surface area (Å²) in [5.74, 6) is 0.762. The van der Waals surface area contributed by atoms with Gasteiger partial charge in [-0.05, 0) is 17.0 Å². The maximum absolute atomic E-state index is 12.3. The number of nitrogens with zero attached hydrogens (tertiary/aromatic N) is 3. The van der Waals surface area contributed by atoms with Crippen LogP contribution in [0.2, 0.25) is 0 Å². The average molecular weight is 395 g/mol. The van der Waals surface area contributed by atoms with Gasteiger partial charge in [-0.1, -0.05) is 36.4 Å². The highest BCUT2D eigenvalue weighted by Gasteiger charge is 2.21. The van der Waals surface area contributed by atoms with Crippen LogP contribution in [-0.4, -0.2) is 42.2 Å². The number of nitrogens with one attached hydrogen (secondary N) is 1. The van der Waals surface area contributed by atoms with Crippen LogP contribution in [0.1, 0.15) is 11.4 Å². The Morgan fingerprint density at radius 3 is 2.68 bits per heavy atom. The lowest BCUT2D eigenvalue weighted by Gasteiger charge is -2.15. The number of sulfonamides is 1. The fourth-order valence-electron chi connectivity index (χ4n) is 2.18. The number of hydrogen-bond acceptors (Lipinski definition) is 7. The van der Waals surface area contributed by atoms with Crippen LogP contribution in [0.5, 0.6) is 0 Å². The van der Waals surface area contributed by atoms with Crippen molar-refractivity contribution in [3.63, 3.8) is 0 Å². The summed E-state index contributed by atoms with van der Waals surface area (Å²) in [6, 6.07) is 13.4. The summed E-state index contributed by atoms with van der Waals surface area (Å²) in [6.07, 6.45) is 0.686. The summed E-state index contributed by atoms with van der Waals surface area (Å²) < 4.78 is 30.7. The minimum atomic E-state index is -3.41. The fraction of sp³-hybridized carbons (Fsp3) is 0.250. The second kappa shape index (κ2) is 8.05. The van der Waals surface area contributed by atoms with Crippen LogP contribution in [0.4, 0.5) is 5.13 Å². The van der Waals surface area contributed by atoms with E-state index in [2.05, 4.69) is 14.7 Å². The summed E-state index contributed by atoms with van der Waals surface area (Å²) in [4.78, 5) is 4.44. The van der Waals surface area contributed by atoms with Gasteiger partial charge in [-0.25, -0.2) is 13.4 Å². The number of benzene rings is 1. The predicted molar refractivity (Wildman–Crippen MR) is 102 cm³/mol. The SMILES string of the molecule is CN(CCNc1nc(Cc2ccccc2)ns1)S(=O)(=O)c1cccs1. The number of aromatic nitrogens is 2. The lowest BCUT2D eigenvalue weighted by Crippen LogP contribution is -2.31. The summed E-state index contributed by atoms with van der Waals surface area (Å²) in [5, 5.41) is 5.60. The van der Waals surface area contributed by atoms with E-state index in [0.717, 1.165) is 11.4 Å². The molecule has 0 saturated heterocycles. The minimum absolute atomic E-state index is 0.355. The molecule has 25 heavy (non-hydrogen) atoms. The van der Waals surface area contributed by atoms with Gasteiger partial charge in [0.25, 0.3) is 10.0 Å². The highest BCUT2D eigenvalue weighted by atomic mass is 32.2. The average Bonchev–Trinajstić information content (AvgIpc) is 3.28. The molecule has 0 aliphatic carbocycles. The summed E-state index contributed by atoms with van der Waals surface area (Å²) >= 11 is 2.51. The Kier molecular flexibility index (Phi) is 5.79. The van der Waals surface area contributed by atoms with E-state index < -0.39 is 10.0 Å². The molecule has 0 aliphatic rings. The van der Waals surface area contributed by atoms with E-state index in [-0.39, 0.29) is 0 Å². The molecule has 1 N–H and O–H groups in total. The van der Waals surface area contributed by atoms with Crippen molar-refractivity contribution < 1.29 is 8.42 Å². The molecule has 0 saturated carbocycles. The van der Waals surface area contributed by atoms with Crippen LogP contribution in [-0.2, 0) is 16.4 Å². The van der Waals surface area contributed by atoms with Gasteiger partial charge in [0.15, 0.2) is 0 Å². The van der Waals surface area contributed by atoms with Crippen molar-refractivity contribution in [3.8, 4) is 0 Å². The molecular weight excluding hydrogens is 376 g/mol. The number of rotatable bonds is 8. The summed E-state index contributed by atoms with van der Waals surface area (Å²) in [7, 11) is -1.83. The zero-order chi connectivity index (χ0) is 17.7. The highest BCUT2D eigenvalue weighted by molar-refractivity contribution is 7.91. The van der Waals surface area contributed by atoms with Gasteiger partial charge in [-0.15, -0.1) is 11.3 Å². The zero-order valence-corrected chi connectivity index (χ0v) is 16.1. The molecule has 6 nitrogen and oxygen atoms in total. The van der Waals surface area contributed by atoms with Crippen LogP contribution in [0.3, 0.4) is 0 Å². The van der Waals surface area contributed by atoms with E-state index in [1.54, 1.807) is 24.6 Å². The second-order valence-corrected chi connectivity index (χ2v) is 9.33. The van der Waals surface area contributed by atoms with Crippen molar-refractivity contribution in [1.82, 2.24) is 13.7 Å². The fourth-order valence-corrected chi connectivity index (χ4v) is 5.16. The van der Waals surface area contributed by atoms with Crippen molar-refractivity contribution in [2.45, 2.75) is 10.6 Å². The Bertz CT molecular complexity index is 893. The normalized spacial score (nSPS) is 11.8.